The number of nitrogens with zero attached hydrogens (tertiary/aromatic N) is 1. The number of hydrogen-bond donors (Lipinski definition) is 2. The molecule has 0 fully saturated rings. The molecule has 5 rings (SSSR count). The molecule has 1 amide bonds. The number of aromatic nitrogens is 2. The number of benzene rings is 3. The highest BCUT2D eigenvalue weighted by atomic mass is 16.3. The van der Waals surface area contributed by atoms with Gasteiger partial charge in [0.05, 0.1) is 0 Å². The van der Waals surface area contributed by atoms with E-state index in [1.54, 1.807) is 12.1 Å². The summed E-state index contributed by atoms with van der Waals surface area (Å²) in [5.41, 5.74) is 5.41. The molecule has 148 valence electrons. The average molecular weight is 395 g/mol. The standard InChI is InChI=1S/C25H21N3O2/c29-25(26-13-12-19-16-27-21-9-5-4-8-20(19)21)18-10-11-22-23(15-18)30-24(28-22)14-17-6-2-1-3-7-17/h1-11,15-16,27H,12-14H2,(H,26,29). The first-order chi connectivity index (χ1) is 14.8. The van der Waals surface area contributed by atoms with Crippen LogP contribution in [0.25, 0.3) is 22.0 Å². The molecule has 0 spiro atoms. The van der Waals surface area contributed by atoms with E-state index in [-0.39, 0.29) is 5.91 Å². The Morgan fingerprint density at radius 2 is 1.83 bits per heavy atom. The molecule has 3 aromatic carbocycles. The van der Waals surface area contributed by atoms with Crippen molar-refractivity contribution in [2.45, 2.75) is 12.8 Å². The van der Waals surface area contributed by atoms with Gasteiger partial charge in [0.1, 0.15) is 5.52 Å². The Labute approximate surface area is 173 Å². The number of amides is 1. The van der Waals surface area contributed by atoms with Crippen LogP contribution in [0.3, 0.4) is 0 Å². The van der Waals surface area contributed by atoms with Gasteiger partial charge in [-0.2, -0.15) is 0 Å². The van der Waals surface area contributed by atoms with E-state index in [4.69, 9.17) is 4.42 Å². The zero-order valence-electron chi connectivity index (χ0n) is 16.4. The van der Waals surface area contributed by atoms with Crippen LogP contribution in [0.1, 0.15) is 27.4 Å². The predicted octanol–water partition coefficient (Wildman–Crippen LogP) is 4.87. The molecule has 0 atom stereocenters. The second kappa shape index (κ2) is 7.87. The van der Waals surface area contributed by atoms with Gasteiger partial charge in [-0.25, -0.2) is 4.98 Å². The average Bonchev–Trinajstić information content (AvgIpc) is 3.37. The van der Waals surface area contributed by atoms with E-state index in [2.05, 4.69) is 27.4 Å². The maximum Gasteiger partial charge on any atom is 0.251 e. The molecule has 0 unspecified atom stereocenters. The van der Waals surface area contributed by atoms with Gasteiger partial charge < -0.3 is 14.7 Å². The molecule has 0 aliphatic heterocycles. The van der Waals surface area contributed by atoms with E-state index in [1.165, 1.54) is 10.9 Å². The van der Waals surface area contributed by atoms with Crippen molar-refractivity contribution in [3.05, 3.63) is 102 Å². The third-order valence-corrected chi connectivity index (χ3v) is 5.25. The first-order valence-electron chi connectivity index (χ1n) is 10.0. The Balaban J connectivity index is 1.25. The quantitative estimate of drug-likeness (QED) is 0.431. The fraction of sp³-hybridized carbons (Fsp3) is 0.120. The van der Waals surface area contributed by atoms with Crippen LogP contribution in [-0.4, -0.2) is 22.4 Å². The maximum absolute atomic E-state index is 12.6. The van der Waals surface area contributed by atoms with Gasteiger partial charge in [-0.1, -0.05) is 48.5 Å². The molecule has 0 radical (unpaired) electrons. The molecule has 0 aliphatic rings. The number of carbonyl (C=O) groups excluding carboxylic acids is 1. The molecule has 2 N–H and O–H groups in total. The minimum absolute atomic E-state index is 0.113. The summed E-state index contributed by atoms with van der Waals surface area (Å²) in [6.45, 7) is 0.564. The summed E-state index contributed by atoms with van der Waals surface area (Å²) < 4.78 is 5.88. The summed E-state index contributed by atoms with van der Waals surface area (Å²) in [6, 6.07) is 23.6. The Kier molecular flexibility index (Phi) is 4.77. The van der Waals surface area contributed by atoms with Crippen LogP contribution in [0.15, 0.2) is 83.4 Å². The third-order valence-electron chi connectivity index (χ3n) is 5.25. The summed E-state index contributed by atoms with van der Waals surface area (Å²) in [6.07, 6.45) is 3.40. The lowest BCUT2D eigenvalue weighted by Gasteiger charge is -2.05. The summed E-state index contributed by atoms with van der Waals surface area (Å²) in [7, 11) is 0. The predicted molar refractivity (Wildman–Crippen MR) is 118 cm³/mol. The maximum atomic E-state index is 12.6. The van der Waals surface area contributed by atoms with Crippen LogP contribution in [-0.2, 0) is 12.8 Å². The normalized spacial score (nSPS) is 11.2. The molecule has 5 nitrogen and oxygen atoms in total. The summed E-state index contributed by atoms with van der Waals surface area (Å²) in [5, 5.41) is 4.19. The van der Waals surface area contributed by atoms with Crippen LogP contribution in [0.5, 0.6) is 0 Å². The second-order valence-corrected chi connectivity index (χ2v) is 7.32. The number of oxazole rings is 1. The molecule has 30 heavy (non-hydrogen) atoms. The van der Waals surface area contributed by atoms with Gasteiger partial charge in [-0.15, -0.1) is 0 Å². The molecule has 0 aliphatic carbocycles. The lowest BCUT2D eigenvalue weighted by molar-refractivity contribution is 0.0954. The van der Waals surface area contributed by atoms with Crippen molar-refractivity contribution in [3.8, 4) is 0 Å². The van der Waals surface area contributed by atoms with Crippen molar-refractivity contribution in [3.63, 3.8) is 0 Å². The molecule has 0 saturated heterocycles. The van der Waals surface area contributed by atoms with Gasteiger partial charge >= 0.3 is 0 Å². The largest absolute Gasteiger partial charge is 0.440 e. The zero-order valence-corrected chi connectivity index (χ0v) is 16.4. The molecule has 0 bridgehead atoms. The number of fused-ring (bicyclic) bond motifs is 2. The molecule has 2 heterocycles. The number of hydrogen-bond acceptors (Lipinski definition) is 3. The minimum Gasteiger partial charge on any atom is -0.440 e. The zero-order chi connectivity index (χ0) is 20.3. The Bertz CT molecular complexity index is 1320. The van der Waals surface area contributed by atoms with E-state index >= 15 is 0 Å². The van der Waals surface area contributed by atoms with E-state index in [1.807, 2.05) is 54.7 Å². The van der Waals surface area contributed by atoms with Gasteiger partial charge in [0, 0.05) is 35.6 Å². The number of H-pyrrole nitrogens is 1. The first kappa shape index (κ1) is 18.2. The molecule has 5 heteroatoms. The highest BCUT2D eigenvalue weighted by Gasteiger charge is 2.11. The van der Waals surface area contributed by atoms with Gasteiger partial charge in [0.2, 0.25) is 0 Å². The third kappa shape index (κ3) is 3.70. The lowest BCUT2D eigenvalue weighted by atomic mass is 10.1. The smallest absolute Gasteiger partial charge is 0.251 e. The first-order valence-corrected chi connectivity index (χ1v) is 10.0. The fourth-order valence-electron chi connectivity index (χ4n) is 3.71. The van der Waals surface area contributed by atoms with E-state index in [9.17, 15) is 4.79 Å². The Hall–Kier alpha value is -3.86. The van der Waals surface area contributed by atoms with Crippen LogP contribution >= 0.6 is 0 Å². The van der Waals surface area contributed by atoms with Crippen molar-refractivity contribution < 1.29 is 9.21 Å². The van der Waals surface area contributed by atoms with E-state index in [0.29, 0.717) is 30.0 Å². The van der Waals surface area contributed by atoms with Crippen molar-refractivity contribution in [1.82, 2.24) is 15.3 Å². The molecular formula is C25H21N3O2. The van der Waals surface area contributed by atoms with Crippen molar-refractivity contribution in [2.24, 2.45) is 0 Å². The van der Waals surface area contributed by atoms with Crippen LogP contribution in [0.2, 0.25) is 0 Å². The van der Waals surface area contributed by atoms with Crippen LogP contribution in [0, 0.1) is 0 Å². The van der Waals surface area contributed by atoms with Gasteiger partial charge in [-0.3, -0.25) is 4.79 Å². The van der Waals surface area contributed by atoms with Crippen molar-refractivity contribution in [2.75, 3.05) is 6.54 Å². The van der Waals surface area contributed by atoms with Crippen LogP contribution in [0.4, 0.5) is 0 Å². The number of aromatic amines is 1. The molecule has 5 aromatic rings. The Morgan fingerprint density at radius 3 is 2.73 bits per heavy atom. The number of nitrogens with one attached hydrogen (secondary N) is 2. The highest BCUT2D eigenvalue weighted by Crippen LogP contribution is 2.20. The van der Waals surface area contributed by atoms with E-state index < -0.39 is 0 Å². The minimum atomic E-state index is -0.113. The molecular weight excluding hydrogens is 374 g/mol. The number of rotatable bonds is 6. The summed E-state index contributed by atoms with van der Waals surface area (Å²) in [4.78, 5) is 20.4. The number of para-hydroxylation sites is 1. The fourth-order valence-corrected chi connectivity index (χ4v) is 3.71. The van der Waals surface area contributed by atoms with E-state index in [0.717, 1.165) is 23.0 Å². The highest BCUT2D eigenvalue weighted by molar-refractivity contribution is 5.97. The molecule has 0 saturated carbocycles. The van der Waals surface area contributed by atoms with Crippen LogP contribution < -0.4 is 5.32 Å². The Morgan fingerprint density at radius 1 is 1.00 bits per heavy atom. The second-order valence-electron chi connectivity index (χ2n) is 7.32. The van der Waals surface area contributed by atoms with Crippen molar-refractivity contribution >= 4 is 27.9 Å². The molecule has 2 aromatic heterocycles. The summed E-state index contributed by atoms with van der Waals surface area (Å²) in [5.74, 6) is 0.533. The lowest BCUT2D eigenvalue weighted by Crippen LogP contribution is -2.25. The number of carbonyl (C=O) groups is 1. The van der Waals surface area contributed by atoms with Gasteiger partial charge in [-0.05, 0) is 41.8 Å². The topological polar surface area (TPSA) is 70.9 Å². The van der Waals surface area contributed by atoms with Crippen molar-refractivity contribution in [1.29, 1.82) is 0 Å². The SMILES string of the molecule is O=C(NCCc1c[nH]c2ccccc12)c1ccc2nc(Cc3ccccc3)oc2c1. The van der Waals surface area contributed by atoms with Gasteiger partial charge in [0.15, 0.2) is 11.5 Å². The van der Waals surface area contributed by atoms with Gasteiger partial charge in [0.25, 0.3) is 5.91 Å². The summed E-state index contributed by atoms with van der Waals surface area (Å²) >= 11 is 0. The monoisotopic (exact) mass is 395 g/mol.